The Balaban J connectivity index is 1.37. The zero-order valence-electron chi connectivity index (χ0n) is 28.3. The van der Waals surface area contributed by atoms with Crippen molar-refractivity contribution in [3.8, 4) is 23.0 Å². The maximum absolute atomic E-state index is 13.4. The molecule has 4 N–H and O–H groups in total. The first-order chi connectivity index (χ1) is 23.4. The van der Waals surface area contributed by atoms with Crippen LogP contribution >= 0.6 is 0 Å². The lowest BCUT2D eigenvalue weighted by Crippen LogP contribution is -2.22. The lowest BCUT2D eigenvalue weighted by molar-refractivity contribution is 0.262. The number of hydrogen-bond acceptors (Lipinski definition) is 9. The van der Waals surface area contributed by atoms with Gasteiger partial charge in [0.25, 0.3) is 0 Å². The molecular weight excluding hydrogens is 663 g/mol. The SMILES string of the molecule is COc1cc(Nc2cc(Oc3ccc(NC(=O)Nc4cc(C(C)(C)C)cc(N[S+](C)[O-])c4OC)c4ccccc34)ccn2)ccc1[S+](C)[O-]. The van der Waals surface area contributed by atoms with Gasteiger partial charge in [-0.2, -0.15) is 0 Å². The van der Waals surface area contributed by atoms with Gasteiger partial charge in [0, 0.05) is 34.8 Å². The van der Waals surface area contributed by atoms with E-state index in [1.807, 2.05) is 42.5 Å². The Hall–Kier alpha value is -4.82. The first-order valence-electron chi connectivity index (χ1n) is 15.2. The Bertz CT molecular complexity index is 1970. The Morgan fingerprint density at radius 3 is 2.18 bits per heavy atom. The topological polar surface area (TPSA) is 152 Å². The fourth-order valence-electron chi connectivity index (χ4n) is 5.15. The number of carbonyl (C=O) groups excluding carboxylic acids is 1. The molecule has 2 atom stereocenters. The molecule has 13 heteroatoms. The fraction of sp³-hybridized carbons (Fsp3) is 0.222. The van der Waals surface area contributed by atoms with Crippen molar-refractivity contribution in [2.24, 2.45) is 0 Å². The number of amides is 2. The van der Waals surface area contributed by atoms with Crippen molar-refractivity contribution in [3.05, 3.63) is 90.6 Å². The van der Waals surface area contributed by atoms with E-state index in [0.29, 0.717) is 56.5 Å². The molecule has 4 aromatic carbocycles. The van der Waals surface area contributed by atoms with Gasteiger partial charge in [0.15, 0.2) is 16.4 Å². The molecule has 5 aromatic rings. The van der Waals surface area contributed by atoms with Crippen molar-refractivity contribution in [3.63, 3.8) is 0 Å². The van der Waals surface area contributed by atoms with E-state index in [2.05, 4.69) is 46.4 Å². The number of nitrogens with one attached hydrogen (secondary N) is 4. The number of methoxy groups -OCH3 is 2. The minimum Gasteiger partial charge on any atom is -0.612 e. The van der Waals surface area contributed by atoms with Crippen LogP contribution in [0.5, 0.6) is 23.0 Å². The van der Waals surface area contributed by atoms with E-state index in [9.17, 15) is 13.9 Å². The molecule has 0 saturated carbocycles. The Morgan fingerprint density at radius 1 is 0.796 bits per heavy atom. The third-order valence-corrected chi connectivity index (χ3v) is 8.96. The maximum Gasteiger partial charge on any atom is 0.323 e. The summed E-state index contributed by atoms with van der Waals surface area (Å²) in [5, 5.41) is 10.7. The van der Waals surface area contributed by atoms with Gasteiger partial charge < -0.3 is 39.3 Å². The summed E-state index contributed by atoms with van der Waals surface area (Å²) in [5.41, 5.74) is 2.90. The third kappa shape index (κ3) is 8.62. The first kappa shape index (κ1) is 35.5. The number of aromatic nitrogens is 1. The van der Waals surface area contributed by atoms with Gasteiger partial charge >= 0.3 is 6.03 Å². The molecule has 11 nitrogen and oxygen atoms in total. The highest BCUT2D eigenvalue weighted by molar-refractivity contribution is 7.92. The monoisotopic (exact) mass is 701 g/mol. The predicted octanol–water partition coefficient (Wildman–Crippen LogP) is 8.17. The number of hydrogen-bond donors (Lipinski definition) is 4. The average molecular weight is 702 g/mol. The fourth-order valence-corrected chi connectivity index (χ4v) is 6.30. The maximum atomic E-state index is 13.4. The summed E-state index contributed by atoms with van der Waals surface area (Å²) < 4.78 is 44.3. The quantitative estimate of drug-likeness (QED) is 0.1000. The Labute approximate surface area is 292 Å². The first-order valence-corrected chi connectivity index (χ1v) is 18.3. The average Bonchev–Trinajstić information content (AvgIpc) is 3.05. The third-order valence-electron chi connectivity index (χ3n) is 7.50. The standard InChI is InChI=1S/C36H39N5O6S2/c1-36(2,3)22-18-28(34(46-5)29(19-22)41-49(7)44)40-35(42)39-27-13-14-30(26-11-9-8-10-25(26)27)47-24-16-17-37-33(21-24)38-23-12-15-32(48(6)43)31(20-23)45-4/h8-21,41H,1-7H3,(H,37,38)(H2,39,40,42). The molecular formula is C36H39N5O6S2. The predicted molar refractivity (Wildman–Crippen MR) is 199 cm³/mol. The molecule has 2 amide bonds. The largest absolute Gasteiger partial charge is 0.612 e. The van der Waals surface area contributed by atoms with Crippen LogP contribution in [0.1, 0.15) is 26.3 Å². The number of nitrogens with zero attached hydrogens (tertiary/aromatic N) is 1. The molecule has 0 spiro atoms. The van der Waals surface area contributed by atoms with Gasteiger partial charge in [-0.3, -0.25) is 0 Å². The van der Waals surface area contributed by atoms with Crippen LogP contribution in [0.2, 0.25) is 0 Å². The molecule has 0 aliphatic rings. The van der Waals surface area contributed by atoms with Crippen molar-refractivity contribution in [2.45, 2.75) is 31.1 Å². The summed E-state index contributed by atoms with van der Waals surface area (Å²) in [4.78, 5) is 18.4. The van der Waals surface area contributed by atoms with E-state index in [4.69, 9.17) is 14.2 Å². The van der Waals surface area contributed by atoms with Gasteiger partial charge in [-0.25, -0.2) is 14.5 Å². The van der Waals surface area contributed by atoms with Gasteiger partial charge in [-0.1, -0.05) is 45.0 Å². The number of rotatable bonds is 11. The summed E-state index contributed by atoms with van der Waals surface area (Å²) in [6.45, 7) is 6.16. The highest BCUT2D eigenvalue weighted by atomic mass is 32.2. The van der Waals surface area contributed by atoms with Crippen LogP contribution in [-0.2, 0) is 28.0 Å². The van der Waals surface area contributed by atoms with Crippen LogP contribution in [0.25, 0.3) is 10.8 Å². The summed E-state index contributed by atoms with van der Waals surface area (Å²) in [6, 6.07) is 23.3. The zero-order chi connectivity index (χ0) is 35.3. The number of pyridine rings is 1. The molecule has 5 rings (SSSR count). The van der Waals surface area contributed by atoms with Crippen LogP contribution in [0.15, 0.2) is 90.0 Å². The summed E-state index contributed by atoms with van der Waals surface area (Å²) in [6.07, 6.45) is 4.77. The van der Waals surface area contributed by atoms with E-state index >= 15 is 0 Å². The van der Waals surface area contributed by atoms with E-state index < -0.39 is 28.6 Å². The van der Waals surface area contributed by atoms with Crippen molar-refractivity contribution in [1.82, 2.24) is 4.98 Å². The molecule has 0 saturated heterocycles. The van der Waals surface area contributed by atoms with Crippen molar-refractivity contribution in [1.29, 1.82) is 0 Å². The molecule has 1 heterocycles. The second-order valence-electron chi connectivity index (χ2n) is 12.1. The summed E-state index contributed by atoms with van der Waals surface area (Å²) in [7, 11) is 3.03. The smallest absolute Gasteiger partial charge is 0.323 e. The zero-order valence-corrected chi connectivity index (χ0v) is 29.9. The molecule has 2 unspecified atom stereocenters. The van der Waals surface area contributed by atoms with Crippen molar-refractivity contribution < 1.29 is 28.1 Å². The number of fused-ring (bicyclic) bond motifs is 1. The van der Waals surface area contributed by atoms with Crippen LogP contribution in [-0.4, -0.2) is 46.9 Å². The highest BCUT2D eigenvalue weighted by Gasteiger charge is 2.23. The number of ether oxygens (including phenoxy) is 3. The molecule has 0 aliphatic heterocycles. The molecule has 1 aromatic heterocycles. The lowest BCUT2D eigenvalue weighted by atomic mass is 9.86. The molecule has 0 aliphatic carbocycles. The molecule has 256 valence electrons. The van der Waals surface area contributed by atoms with Crippen LogP contribution in [0, 0.1) is 0 Å². The number of carbonyl (C=O) groups is 1. The van der Waals surface area contributed by atoms with Crippen LogP contribution in [0.3, 0.4) is 0 Å². The number of benzene rings is 4. The van der Waals surface area contributed by atoms with Gasteiger partial charge in [0.2, 0.25) is 0 Å². The van der Waals surface area contributed by atoms with Crippen molar-refractivity contribution in [2.75, 3.05) is 47.4 Å². The van der Waals surface area contributed by atoms with E-state index in [-0.39, 0.29) is 5.41 Å². The minimum atomic E-state index is -1.35. The second-order valence-corrected chi connectivity index (χ2v) is 14.5. The number of urea groups is 1. The van der Waals surface area contributed by atoms with Crippen molar-refractivity contribution >= 4 is 67.9 Å². The lowest BCUT2D eigenvalue weighted by Gasteiger charge is -2.24. The summed E-state index contributed by atoms with van der Waals surface area (Å²) in [5.74, 6) is 2.55. The molecule has 0 bridgehead atoms. The Morgan fingerprint density at radius 2 is 1.51 bits per heavy atom. The molecule has 0 fully saturated rings. The minimum absolute atomic E-state index is 0.251. The normalized spacial score (nSPS) is 12.5. The van der Waals surface area contributed by atoms with Gasteiger partial charge in [-0.05, 0) is 64.6 Å². The summed E-state index contributed by atoms with van der Waals surface area (Å²) >= 11 is -2.54. The second kappa shape index (κ2) is 15.2. The Kier molecular flexibility index (Phi) is 11.0. The van der Waals surface area contributed by atoms with Gasteiger partial charge in [0.05, 0.1) is 37.0 Å². The van der Waals surface area contributed by atoms with Gasteiger partial charge in [-0.15, -0.1) is 0 Å². The van der Waals surface area contributed by atoms with Gasteiger partial charge in [0.1, 0.15) is 35.5 Å². The van der Waals surface area contributed by atoms with Crippen LogP contribution < -0.4 is 34.9 Å². The highest BCUT2D eigenvalue weighted by Crippen LogP contribution is 2.40. The van der Waals surface area contributed by atoms with Crippen LogP contribution in [0.4, 0.5) is 33.4 Å². The van der Waals surface area contributed by atoms with E-state index in [1.54, 1.807) is 48.9 Å². The number of anilines is 5. The van der Waals surface area contributed by atoms with E-state index in [0.717, 1.165) is 16.3 Å². The van der Waals surface area contributed by atoms with E-state index in [1.165, 1.54) is 20.5 Å². The molecule has 49 heavy (non-hydrogen) atoms. The molecule has 0 radical (unpaired) electrons.